The van der Waals surface area contributed by atoms with Crippen LogP contribution in [0, 0.1) is 5.82 Å². The summed E-state index contributed by atoms with van der Waals surface area (Å²) in [5, 5.41) is 6.52. The lowest BCUT2D eigenvalue weighted by Crippen LogP contribution is -2.39. The highest BCUT2D eigenvalue weighted by molar-refractivity contribution is 5.67. The van der Waals surface area contributed by atoms with Crippen molar-refractivity contribution in [3.05, 3.63) is 53.4 Å². The van der Waals surface area contributed by atoms with Gasteiger partial charge in [0.1, 0.15) is 5.82 Å². The molecule has 0 spiro atoms. The van der Waals surface area contributed by atoms with E-state index in [9.17, 15) is 4.39 Å². The Hall–Kier alpha value is -1.45. The molecule has 2 nitrogen and oxygen atoms in total. The number of hydrogen-bond acceptors (Lipinski definition) is 2. The number of allylic oxidation sites excluding steroid dienone is 2. The summed E-state index contributed by atoms with van der Waals surface area (Å²) in [5.74, 6) is -0.169. The zero-order valence-electron chi connectivity index (χ0n) is 12.1. The van der Waals surface area contributed by atoms with E-state index >= 15 is 0 Å². The first-order valence-electron chi connectivity index (χ1n) is 6.54. The molecule has 0 amide bonds. The lowest BCUT2D eigenvalue weighted by molar-refractivity contribution is 0.556. The minimum Gasteiger partial charge on any atom is -0.302 e. The third-order valence-corrected chi connectivity index (χ3v) is 3.20. The van der Waals surface area contributed by atoms with Crippen LogP contribution in [0.5, 0.6) is 0 Å². The molecule has 1 aromatic carbocycles. The molecule has 0 heterocycles. The molecule has 2 N–H and O–H groups in total. The van der Waals surface area contributed by atoms with E-state index in [2.05, 4.69) is 10.6 Å². The van der Waals surface area contributed by atoms with Crippen molar-refractivity contribution in [3.8, 4) is 0 Å². The van der Waals surface area contributed by atoms with E-state index in [1.165, 1.54) is 6.07 Å². The zero-order chi connectivity index (χ0) is 14.3. The van der Waals surface area contributed by atoms with Crippen molar-refractivity contribution in [3.63, 3.8) is 0 Å². The summed E-state index contributed by atoms with van der Waals surface area (Å²) in [5.41, 5.74) is 2.80. The normalized spacial score (nSPS) is 14.6. The van der Waals surface area contributed by atoms with Crippen molar-refractivity contribution >= 4 is 5.57 Å². The molecule has 0 radical (unpaired) electrons. The van der Waals surface area contributed by atoms with Gasteiger partial charge in [-0.15, -0.1) is 0 Å². The van der Waals surface area contributed by atoms with Gasteiger partial charge in [0.25, 0.3) is 0 Å². The summed E-state index contributed by atoms with van der Waals surface area (Å²) >= 11 is 0. The molecule has 0 aliphatic rings. The Kier molecular flexibility index (Phi) is 6.46. The molecule has 1 atom stereocenters. The quantitative estimate of drug-likeness (QED) is 0.607. The van der Waals surface area contributed by atoms with Crippen LogP contribution in [0.1, 0.15) is 26.3 Å². The topological polar surface area (TPSA) is 24.1 Å². The van der Waals surface area contributed by atoms with Gasteiger partial charge in [-0.25, -0.2) is 4.39 Å². The average Bonchev–Trinajstić information content (AvgIpc) is 2.42. The van der Waals surface area contributed by atoms with Crippen LogP contribution in [-0.2, 0) is 0 Å². The minimum atomic E-state index is -0.169. The van der Waals surface area contributed by atoms with E-state index in [-0.39, 0.29) is 12.0 Å². The molecule has 0 bridgehead atoms. The second kappa shape index (κ2) is 7.87. The molecule has 0 aromatic heterocycles. The van der Waals surface area contributed by atoms with Crippen molar-refractivity contribution in [2.24, 2.45) is 0 Å². The molecular weight excluding hydrogens is 239 g/mol. The van der Waals surface area contributed by atoms with Gasteiger partial charge in [-0.3, -0.25) is 5.32 Å². The summed E-state index contributed by atoms with van der Waals surface area (Å²) in [4.78, 5) is 0. The van der Waals surface area contributed by atoms with Crippen LogP contribution in [0.25, 0.3) is 5.57 Å². The molecule has 0 saturated carbocycles. The fourth-order valence-corrected chi connectivity index (χ4v) is 1.85. The zero-order valence-corrected chi connectivity index (χ0v) is 12.1. The molecule has 0 aliphatic heterocycles. The Labute approximate surface area is 115 Å². The predicted molar refractivity (Wildman–Crippen MR) is 80.3 cm³/mol. The maximum atomic E-state index is 13.7. The number of halogens is 1. The molecule has 104 valence electrons. The Morgan fingerprint density at radius 3 is 2.58 bits per heavy atom. The van der Waals surface area contributed by atoms with Gasteiger partial charge in [-0.05, 0) is 39.5 Å². The largest absolute Gasteiger partial charge is 0.302 e. The first-order valence-corrected chi connectivity index (χ1v) is 6.54. The van der Waals surface area contributed by atoms with Gasteiger partial charge >= 0.3 is 0 Å². The van der Waals surface area contributed by atoms with E-state index in [1.54, 1.807) is 6.07 Å². The molecule has 1 rings (SSSR count). The van der Waals surface area contributed by atoms with Crippen molar-refractivity contribution in [2.75, 3.05) is 13.6 Å². The molecule has 1 unspecified atom stereocenters. The number of likely N-dealkylation sites (N-methyl/N-ethyl adjacent to an activating group) is 1. The van der Waals surface area contributed by atoms with Crippen molar-refractivity contribution in [1.29, 1.82) is 0 Å². The summed E-state index contributed by atoms with van der Waals surface area (Å²) < 4.78 is 13.7. The van der Waals surface area contributed by atoms with Gasteiger partial charge in [-0.1, -0.05) is 35.9 Å². The molecule has 0 fully saturated rings. The average molecular weight is 262 g/mol. The van der Waals surface area contributed by atoms with E-state index in [0.717, 1.165) is 17.7 Å². The molecular formula is C16H23FN2. The lowest BCUT2D eigenvalue weighted by atomic mass is 10.0. The summed E-state index contributed by atoms with van der Waals surface area (Å²) in [6.07, 6.45) is 4.18. The first-order chi connectivity index (χ1) is 9.10. The molecule has 3 heteroatoms. The van der Waals surface area contributed by atoms with Gasteiger partial charge in [0.2, 0.25) is 0 Å². The highest BCUT2D eigenvalue weighted by Crippen LogP contribution is 2.20. The van der Waals surface area contributed by atoms with Crippen molar-refractivity contribution in [2.45, 2.75) is 26.9 Å². The summed E-state index contributed by atoms with van der Waals surface area (Å²) in [6, 6.07) is 6.88. The second-order valence-electron chi connectivity index (χ2n) is 4.56. The summed E-state index contributed by atoms with van der Waals surface area (Å²) in [7, 11) is 1.90. The van der Waals surface area contributed by atoms with Gasteiger partial charge in [0, 0.05) is 12.1 Å². The van der Waals surface area contributed by atoms with E-state index in [1.807, 2.05) is 52.1 Å². The first kappa shape index (κ1) is 15.6. The van der Waals surface area contributed by atoms with E-state index in [4.69, 9.17) is 0 Å². The number of nitrogens with one attached hydrogen (secondary N) is 2. The highest BCUT2D eigenvalue weighted by Gasteiger charge is 2.07. The fourth-order valence-electron chi connectivity index (χ4n) is 1.85. The van der Waals surface area contributed by atoms with Crippen molar-refractivity contribution in [1.82, 2.24) is 10.6 Å². The maximum Gasteiger partial charge on any atom is 0.130 e. The van der Waals surface area contributed by atoms with E-state index in [0.29, 0.717) is 5.56 Å². The third kappa shape index (κ3) is 4.62. The maximum absolute atomic E-state index is 13.7. The van der Waals surface area contributed by atoms with Crippen LogP contribution < -0.4 is 10.6 Å². The third-order valence-electron chi connectivity index (χ3n) is 3.20. The van der Waals surface area contributed by atoms with Gasteiger partial charge in [0.05, 0.1) is 6.17 Å². The lowest BCUT2D eigenvalue weighted by Gasteiger charge is -2.16. The Balaban J connectivity index is 2.77. The second-order valence-corrected chi connectivity index (χ2v) is 4.56. The predicted octanol–water partition coefficient (Wildman–Crippen LogP) is 3.33. The molecule has 1 aromatic rings. The monoisotopic (exact) mass is 262 g/mol. The smallest absolute Gasteiger partial charge is 0.130 e. The number of rotatable bonds is 6. The van der Waals surface area contributed by atoms with Crippen LogP contribution in [-0.4, -0.2) is 19.8 Å². The standard InChI is InChI=1S/C16H23FN2/c1-5-8-16(18-4)19-11-12(2)13(3)14-9-6-7-10-15(14)17/h5-10,16,18-19H,11H2,1-4H3/b8-5-,13-12-. The summed E-state index contributed by atoms with van der Waals surface area (Å²) in [6.45, 7) is 6.69. The minimum absolute atomic E-state index is 0.133. The van der Waals surface area contributed by atoms with Crippen molar-refractivity contribution < 1.29 is 4.39 Å². The number of hydrogen-bond donors (Lipinski definition) is 2. The van der Waals surface area contributed by atoms with Crippen LogP contribution >= 0.6 is 0 Å². The highest BCUT2D eigenvalue weighted by atomic mass is 19.1. The van der Waals surface area contributed by atoms with Crippen LogP contribution in [0.15, 0.2) is 42.0 Å². The van der Waals surface area contributed by atoms with Crippen LogP contribution in [0.3, 0.4) is 0 Å². The van der Waals surface area contributed by atoms with Gasteiger partial charge < -0.3 is 5.32 Å². The Morgan fingerprint density at radius 2 is 2.00 bits per heavy atom. The Morgan fingerprint density at radius 1 is 1.32 bits per heavy atom. The van der Waals surface area contributed by atoms with E-state index < -0.39 is 0 Å². The molecule has 0 aliphatic carbocycles. The van der Waals surface area contributed by atoms with Crippen LogP contribution in [0.2, 0.25) is 0 Å². The fraction of sp³-hybridized carbons (Fsp3) is 0.375. The van der Waals surface area contributed by atoms with Gasteiger partial charge in [0.15, 0.2) is 0 Å². The van der Waals surface area contributed by atoms with Gasteiger partial charge in [-0.2, -0.15) is 0 Å². The molecule has 0 saturated heterocycles. The Bertz CT molecular complexity index is 464. The number of benzene rings is 1. The molecule has 19 heavy (non-hydrogen) atoms. The van der Waals surface area contributed by atoms with Crippen LogP contribution in [0.4, 0.5) is 4.39 Å². The SMILES string of the molecule is C/C=C\C(NC)NC/C(C)=C(/C)c1ccccc1F.